The lowest BCUT2D eigenvalue weighted by molar-refractivity contribution is -0.270. The van der Waals surface area contributed by atoms with Crippen LogP contribution >= 0.6 is 23.2 Å². The number of hydrogen-bond acceptors (Lipinski definition) is 0. The molecule has 0 aromatic rings. The maximum atomic E-state index is 11.5. The van der Waals surface area contributed by atoms with E-state index in [4.69, 9.17) is 0 Å². The Morgan fingerprint density at radius 3 is 0.739 bits per heavy atom. The normalized spacial score (nSPS) is 15.7. The zero-order valence-electron chi connectivity index (χ0n) is 19.5. The van der Waals surface area contributed by atoms with Gasteiger partial charge < -0.3 is 0 Å². The second kappa shape index (κ2) is 17.1. The lowest BCUT2D eigenvalue weighted by Crippen LogP contribution is -2.36. The summed E-state index contributed by atoms with van der Waals surface area (Å²) in [6.07, 6.45) is -42.2. The maximum Gasteiger partial charge on any atom is 0.460 e. The summed E-state index contributed by atoms with van der Waals surface area (Å²) in [6.45, 7) is 0. The first kappa shape index (κ1) is 50.4. The summed E-state index contributed by atoms with van der Waals surface area (Å²) in [4.78, 5) is 0. The summed E-state index contributed by atoms with van der Waals surface area (Å²) in [7, 11) is 0. The van der Waals surface area contributed by atoms with Crippen molar-refractivity contribution in [2.75, 3.05) is 0 Å². The predicted octanol–water partition coefficient (Wildman–Crippen LogP) is 13.0. The summed E-state index contributed by atoms with van der Waals surface area (Å²) in [5, 5.41) is -4.73. The summed E-state index contributed by atoms with van der Waals surface area (Å²) >= 11 is 8.59. The van der Waals surface area contributed by atoms with E-state index in [9.17, 15) is 123 Å². The molecule has 0 spiro atoms. The fraction of sp³-hybridized carbons (Fsp3) is 0.500. The van der Waals surface area contributed by atoms with Gasteiger partial charge in [0.05, 0.1) is 6.08 Å². The van der Waals surface area contributed by atoms with Gasteiger partial charge in [-0.2, -0.15) is 110 Å². The summed E-state index contributed by atoms with van der Waals surface area (Å²) in [6, 6.07) is 0. The van der Waals surface area contributed by atoms with E-state index in [-0.39, 0.29) is 0 Å². The third-order valence-corrected chi connectivity index (χ3v) is 3.60. The SMILES string of the molecule is FC(=C(F)C(F)(F)F)C(F)(F)F.FC(=CC(F)(F)F)C(F)(F)F.FC(F)(F)C(Cl)=C(Cl)C(F)(F)F.FC=C(F)C(F)(F)C(F)(F)F. The van der Waals surface area contributed by atoms with E-state index in [0.717, 1.165) is 0 Å². The molecule has 0 nitrogen and oxygen atoms in total. The Kier molecular flexibility index (Phi) is 18.8. The minimum absolute atomic E-state index is 1.42. The molecule has 0 fully saturated rings. The summed E-state index contributed by atoms with van der Waals surface area (Å²) < 4.78 is 314. The van der Waals surface area contributed by atoms with E-state index in [1.54, 1.807) is 0 Å². The smallest absolute Gasteiger partial charge is 0.212 e. The molecule has 0 aliphatic heterocycles. The number of alkyl halides is 23. The van der Waals surface area contributed by atoms with Crippen molar-refractivity contribution in [1.29, 1.82) is 0 Å². The molecule has 0 aliphatic carbocycles. The molecule has 0 saturated carbocycles. The monoisotopic (exact) mass is 796 g/mol. The van der Waals surface area contributed by atoms with Gasteiger partial charge in [0.1, 0.15) is 16.4 Å². The van der Waals surface area contributed by atoms with Crippen LogP contribution < -0.4 is 0 Å². The van der Waals surface area contributed by atoms with Gasteiger partial charge in [0.25, 0.3) is 0 Å². The van der Waals surface area contributed by atoms with E-state index >= 15 is 0 Å². The summed E-state index contributed by atoms with van der Waals surface area (Å²) in [5.74, 6) is -19.6. The Bertz CT molecular complexity index is 970. The van der Waals surface area contributed by atoms with Crippen molar-refractivity contribution in [3.05, 3.63) is 45.8 Å². The quantitative estimate of drug-likeness (QED) is 0.232. The van der Waals surface area contributed by atoms with E-state index in [2.05, 4.69) is 23.2 Å². The van der Waals surface area contributed by atoms with Crippen LogP contribution in [0.15, 0.2) is 45.8 Å². The largest absolute Gasteiger partial charge is 0.460 e. The average molecular weight is 797 g/mol. The zero-order chi connectivity index (χ0) is 38.9. The van der Waals surface area contributed by atoms with Crippen LogP contribution in [0.3, 0.4) is 0 Å². The highest BCUT2D eigenvalue weighted by atomic mass is 35.5. The molecular weight excluding hydrogens is 795 g/mol. The van der Waals surface area contributed by atoms with E-state index < -0.39 is 94.9 Å². The molecular formula is C16H2Cl2F28. The molecule has 0 unspecified atom stereocenters. The third-order valence-electron chi connectivity index (χ3n) is 2.69. The van der Waals surface area contributed by atoms with Gasteiger partial charge in [-0.25, -0.2) is 13.2 Å². The molecule has 276 valence electrons. The standard InChI is InChI=1S/C4Cl2F6.C4F8.2C4HF7/c2*5-1(3(7,8)9)2(6)4(10,11)12;5-1-2(6)3(7,8)4(9,10)11;5-2(4(9,10)11)1-3(6,7)8/h;;2*1H. The van der Waals surface area contributed by atoms with Gasteiger partial charge in [-0.3, -0.25) is 0 Å². The number of hydrogen-bond donors (Lipinski definition) is 0. The first-order valence-corrected chi connectivity index (χ1v) is 9.57. The molecule has 0 saturated heterocycles. The fourth-order valence-electron chi connectivity index (χ4n) is 0.927. The molecule has 0 heterocycles. The van der Waals surface area contributed by atoms with Gasteiger partial charge in [0, 0.05) is 0 Å². The zero-order valence-corrected chi connectivity index (χ0v) is 21.0. The van der Waals surface area contributed by atoms with E-state index in [1.165, 1.54) is 0 Å². The third kappa shape index (κ3) is 20.7. The highest BCUT2D eigenvalue weighted by molar-refractivity contribution is 6.40. The Hall–Kier alpha value is -2.42. The molecule has 0 amide bonds. The predicted molar refractivity (Wildman–Crippen MR) is 94.8 cm³/mol. The van der Waals surface area contributed by atoms with Crippen LogP contribution in [0, 0.1) is 0 Å². The van der Waals surface area contributed by atoms with Crippen LogP contribution in [0.2, 0.25) is 0 Å². The van der Waals surface area contributed by atoms with Crippen LogP contribution in [0.1, 0.15) is 0 Å². The number of allylic oxidation sites excluding steroid dienone is 7. The van der Waals surface area contributed by atoms with E-state index in [0.29, 0.717) is 0 Å². The Morgan fingerprint density at radius 2 is 0.652 bits per heavy atom. The van der Waals surface area contributed by atoms with Gasteiger partial charge in [0.15, 0.2) is 0 Å². The molecule has 0 aromatic heterocycles. The van der Waals surface area contributed by atoms with Crippen molar-refractivity contribution in [3.8, 4) is 0 Å². The van der Waals surface area contributed by atoms with Gasteiger partial charge >= 0.3 is 49.2 Å². The first-order chi connectivity index (χ1) is 19.5. The van der Waals surface area contributed by atoms with Crippen LogP contribution in [-0.2, 0) is 0 Å². The van der Waals surface area contributed by atoms with Gasteiger partial charge in [-0.15, -0.1) is 0 Å². The molecule has 30 heteroatoms. The topological polar surface area (TPSA) is 0 Å². The first-order valence-electron chi connectivity index (χ1n) is 8.81. The molecule has 0 atom stereocenters. The lowest BCUT2D eigenvalue weighted by Gasteiger charge is -2.16. The van der Waals surface area contributed by atoms with Crippen LogP contribution in [0.4, 0.5) is 123 Å². The number of halogens is 30. The Morgan fingerprint density at radius 1 is 0.391 bits per heavy atom. The minimum atomic E-state index is -6.10. The van der Waals surface area contributed by atoms with Crippen molar-refractivity contribution in [2.45, 2.75) is 49.2 Å². The molecule has 46 heavy (non-hydrogen) atoms. The minimum Gasteiger partial charge on any atom is -0.212 e. The molecule has 0 rings (SSSR count). The van der Waals surface area contributed by atoms with Crippen molar-refractivity contribution in [2.24, 2.45) is 0 Å². The second-order valence-electron chi connectivity index (χ2n) is 6.31. The Balaban J connectivity index is -0.000000256. The van der Waals surface area contributed by atoms with Crippen molar-refractivity contribution >= 4 is 23.2 Å². The maximum absolute atomic E-state index is 11.5. The molecule has 0 bridgehead atoms. The fourth-order valence-corrected chi connectivity index (χ4v) is 1.14. The Labute approximate surface area is 242 Å². The van der Waals surface area contributed by atoms with Gasteiger partial charge in [-0.05, 0) is 0 Å². The van der Waals surface area contributed by atoms with Crippen LogP contribution in [-0.4, -0.2) is 49.2 Å². The van der Waals surface area contributed by atoms with Crippen LogP contribution in [0.5, 0.6) is 0 Å². The molecule has 0 aliphatic rings. The van der Waals surface area contributed by atoms with Crippen molar-refractivity contribution in [1.82, 2.24) is 0 Å². The second-order valence-corrected chi connectivity index (χ2v) is 7.06. The summed E-state index contributed by atoms with van der Waals surface area (Å²) in [5.41, 5.74) is 0. The highest BCUT2D eigenvalue weighted by Crippen LogP contribution is 2.42. The van der Waals surface area contributed by atoms with Crippen LogP contribution in [0.25, 0.3) is 0 Å². The lowest BCUT2D eigenvalue weighted by atomic mass is 10.3. The average Bonchev–Trinajstić information content (AvgIpc) is 2.77. The molecule has 0 N–H and O–H groups in total. The molecule has 0 aromatic carbocycles. The molecule has 0 radical (unpaired) electrons. The van der Waals surface area contributed by atoms with Crippen molar-refractivity contribution < 1.29 is 123 Å². The van der Waals surface area contributed by atoms with Crippen molar-refractivity contribution in [3.63, 3.8) is 0 Å². The number of rotatable bonds is 1. The van der Waals surface area contributed by atoms with Gasteiger partial charge in [-0.1, -0.05) is 23.2 Å². The van der Waals surface area contributed by atoms with Gasteiger partial charge in [0.2, 0.25) is 23.3 Å². The van der Waals surface area contributed by atoms with E-state index in [1.807, 2.05) is 0 Å². The highest BCUT2D eigenvalue weighted by Gasteiger charge is 2.61.